The summed E-state index contributed by atoms with van der Waals surface area (Å²) in [6.07, 6.45) is 0. The summed E-state index contributed by atoms with van der Waals surface area (Å²) in [7, 11) is 0. The number of nitrogens with zero attached hydrogens (tertiary/aromatic N) is 2. The second-order valence-electron chi connectivity index (χ2n) is 6.12. The minimum Gasteiger partial charge on any atom is -0.335 e. The molecule has 24 heavy (non-hydrogen) atoms. The van der Waals surface area contributed by atoms with Crippen molar-refractivity contribution in [2.24, 2.45) is 5.73 Å². The summed E-state index contributed by atoms with van der Waals surface area (Å²) in [5.74, 6) is 0.551. The molecule has 1 fully saturated rings. The lowest BCUT2D eigenvalue weighted by molar-refractivity contribution is 0.0784. The molecule has 7 heteroatoms. The van der Waals surface area contributed by atoms with Crippen LogP contribution in [0.2, 0.25) is 0 Å². The number of aromatic nitrogens is 1. The minimum absolute atomic E-state index is 0. The first kappa shape index (κ1) is 20.9. The van der Waals surface area contributed by atoms with Crippen LogP contribution in [0.25, 0.3) is 0 Å². The fourth-order valence-electron chi connectivity index (χ4n) is 2.86. The number of hydrogen-bond donors (Lipinski definition) is 1. The van der Waals surface area contributed by atoms with Gasteiger partial charge in [-0.3, -0.25) is 4.79 Å². The molecule has 1 aromatic heterocycles. The fraction of sp³-hybridized carbons (Fsp3) is 0.412. The largest absolute Gasteiger partial charge is 0.335 e. The van der Waals surface area contributed by atoms with E-state index in [0.29, 0.717) is 24.7 Å². The molecule has 0 bridgehead atoms. The van der Waals surface area contributed by atoms with E-state index in [1.54, 1.807) is 11.3 Å². The average molecular weight is 388 g/mol. The molecule has 3 rings (SSSR count). The zero-order valence-electron chi connectivity index (χ0n) is 13.7. The highest BCUT2D eigenvalue weighted by Gasteiger charge is 2.34. The van der Waals surface area contributed by atoms with Gasteiger partial charge in [0.05, 0.1) is 5.01 Å². The highest BCUT2D eigenvalue weighted by atomic mass is 35.5. The summed E-state index contributed by atoms with van der Waals surface area (Å²) in [6.45, 7) is 5.43. The lowest BCUT2D eigenvalue weighted by Gasteiger charge is -2.15. The van der Waals surface area contributed by atoms with Gasteiger partial charge in [-0.25, -0.2) is 4.98 Å². The maximum absolute atomic E-state index is 12.6. The molecule has 2 N–H and O–H groups in total. The smallest absolute Gasteiger partial charge is 0.273 e. The number of halogens is 2. The van der Waals surface area contributed by atoms with Gasteiger partial charge in [0.1, 0.15) is 5.69 Å². The van der Waals surface area contributed by atoms with Crippen LogP contribution in [0.15, 0.2) is 35.7 Å². The molecule has 0 radical (unpaired) electrons. The first-order valence-electron chi connectivity index (χ1n) is 7.61. The normalized spacial score (nSPS) is 19.8. The summed E-state index contributed by atoms with van der Waals surface area (Å²) >= 11 is 1.55. The lowest BCUT2D eigenvalue weighted by atomic mass is 9.95. The highest BCUT2D eigenvalue weighted by Crippen LogP contribution is 2.28. The molecule has 0 spiro atoms. The van der Waals surface area contributed by atoms with Crippen molar-refractivity contribution in [1.29, 1.82) is 0 Å². The Balaban J connectivity index is 0.00000144. The number of rotatable bonds is 3. The van der Waals surface area contributed by atoms with Gasteiger partial charge in [0, 0.05) is 36.3 Å². The molecule has 1 amide bonds. The van der Waals surface area contributed by atoms with Gasteiger partial charge in [-0.05, 0) is 5.56 Å². The number of thiazole rings is 1. The molecule has 2 aromatic rings. The summed E-state index contributed by atoms with van der Waals surface area (Å²) in [5.41, 5.74) is 8.01. The molecule has 2 atom stereocenters. The van der Waals surface area contributed by atoms with E-state index in [1.165, 1.54) is 5.56 Å². The summed E-state index contributed by atoms with van der Waals surface area (Å²) in [5, 5.41) is 2.87. The van der Waals surface area contributed by atoms with E-state index in [1.807, 2.05) is 28.5 Å². The van der Waals surface area contributed by atoms with Crippen molar-refractivity contribution < 1.29 is 4.79 Å². The molecule has 1 aliphatic heterocycles. The van der Waals surface area contributed by atoms with Crippen LogP contribution in [0, 0.1) is 0 Å². The number of carbonyl (C=O) groups excluding carboxylic acids is 1. The number of amides is 1. The minimum atomic E-state index is -0.0189. The first-order chi connectivity index (χ1) is 10.6. The highest BCUT2D eigenvalue weighted by molar-refractivity contribution is 7.09. The quantitative estimate of drug-likeness (QED) is 0.873. The zero-order chi connectivity index (χ0) is 15.7. The van der Waals surface area contributed by atoms with Gasteiger partial charge < -0.3 is 10.6 Å². The Kier molecular flexibility index (Phi) is 7.67. The SMILES string of the molecule is CC(C)c1nc(C(=O)N2C[C@@H](N)[C@H](c3ccccc3)C2)cs1.Cl.Cl. The van der Waals surface area contributed by atoms with Gasteiger partial charge in [0.2, 0.25) is 0 Å². The van der Waals surface area contributed by atoms with Gasteiger partial charge in [-0.15, -0.1) is 36.2 Å². The zero-order valence-corrected chi connectivity index (χ0v) is 16.2. The second-order valence-corrected chi connectivity index (χ2v) is 7.01. The van der Waals surface area contributed by atoms with Crippen LogP contribution < -0.4 is 5.73 Å². The third-order valence-electron chi connectivity index (χ3n) is 4.12. The molecule has 132 valence electrons. The van der Waals surface area contributed by atoms with Gasteiger partial charge in [0.25, 0.3) is 5.91 Å². The van der Waals surface area contributed by atoms with Crippen LogP contribution in [-0.2, 0) is 0 Å². The van der Waals surface area contributed by atoms with Crippen molar-refractivity contribution in [3.8, 4) is 0 Å². The second kappa shape index (κ2) is 8.81. The topological polar surface area (TPSA) is 59.2 Å². The Hall–Kier alpha value is -1.14. The Morgan fingerprint density at radius 2 is 1.92 bits per heavy atom. The molecule has 1 aromatic carbocycles. The van der Waals surface area contributed by atoms with E-state index in [2.05, 4.69) is 31.0 Å². The number of nitrogens with two attached hydrogens (primary N) is 1. The summed E-state index contributed by atoms with van der Waals surface area (Å²) in [6, 6.07) is 10.2. The fourth-order valence-corrected chi connectivity index (χ4v) is 3.67. The number of hydrogen-bond acceptors (Lipinski definition) is 4. The van der Waals surface area contributed by atoms with E-state index in [4.69, 9.17) is 5.73 Å². The molecule has 1 aliphatic rings. The van der Waals surface area contributed by atoms with Crippen LogP contribution in [0.1, 0.15) is 46.7 Å². The van der Waals surface area contributed by atoms with Crippen LogP contribution in [0.3, 0.4) is 0 Å². The van der Waals surface area contributed by atoms with E-state index >= 15 is 0 Å². The Morgan fingerprint density at radius 3 is 2.50 bits per heavy atom. The number of likely N-dealkylation sites (tertiary alicyclic amines) is 1. The molecule has 0 saturated carbocycles. The molecule has 1 saturated heterocycles. The van der Waals surface area contributed by atoms with Crippen molar-refractivity contribution in [2.45, 2.75) is 31.7 Å². The van der Waals surface area contributed by atoms with Gasteiger partial charge >= 0.3 is 0 Å². The summed E-state index contributed by atoms with van der Waals surface area (Å²) in [4.78, 5) is 18.9. The molecule has 2 heterocycles. The van der Waals surface area contributed by atoms with Crippen molar-refractivity contribution in [3.05, 3.63) is 52.0 Å². The standard InChI is InChI=1S/C17H21N3OS.2ClH/c1-11(2)16-19-15(10-22-16)17(21)20-8-13(14(18)9-20)12-6-4-3-5-7-12;;/h3-7,10-11,13-14H,8-9,18H2,1-2H3;2*1H/t13-,14+;;/m0../s1. The average Bonchev–Trinajstić information content (AvgIpc) is 3.14. The van der Waals surface area contributed by atoms with E-state index < -0.39 is 0 Å². The molecular weight excluding hydrogens is 365 g/mol. The Morgan fingerprint density at radius 1 is 1.25 bits per heavy atom. The number of benzene rings is 1. The predicted molar refractivity (Wildman–Crippen MR) is 104 cm³/mol. The van der Waals surface area contributed by atoms with E-state index in [0.717, 1.165) is 5.01 Å². The number of carbonyl (C=O) groups is 1. The lowest BCUT2D eigenvalue weighted by Crippen LogP contribution is -2.32. The summed E-state index contributed by atoms with van der Waals surface area (Å²) < 4.78 is 0. The molecule has 0 aliphatic carbocycles. The van der Waals surface area contributed by atoms with E-state index in [-0.39, 0.29) is 42.7 Å². The third kappa shape index (κ3) is 4.28. The van der Waals surface area contributed by atoms with Crippen LogP contribution >= 0.6 is 36.2 Å². The van der Waals surface area contributed by atoms with Crippen molar-refractivity contribution in [3.63, 3.8) is 0 Å². The molecular formula is C17H23Cl2N3OS. The van der Waals surface area contributed by atoms with Crippen molar-refractivity contribution >= 4 is 42.1 Å². The van der Waals surface area contributed by atoms with Gasteiger partial charge in [0.15, 0.2) is 0 Å². The monoisotopic (exact) mass is 387 g/mol. The van der Waals surface area contributed by atoms with Gasteiger partial charge in [-0.2, -0.15) is 0 Å². The predicted octanol–water partition coefficient (Wildman–Crippen LogP) is 3.68. The maximum atomic E-state index is 12.6. The van der Waals surface area contributed by atoms with Gasteiger partial charge in [-0.1, -0.05) is 44.2 Å². The Bertz CT molecular complexity index is 663. The third-order valence-corrected chi connectivity index (χ3v) is 5.26. The first-order valence-corrected chi connectivity index (χ1v) is 8.49. The van der Waals surface area contributed by atoms with Crippen LogP contribution in [0.5, 0.6) is 0 Å². The van der Waals surface area contributed by atoms with Crippen LogP contribution in [-0.4, -0.2) is 34.9 Å². The van der Waals surface area contributed by atoms with Crippen molar-refractivity contribution in [2.75, 3.05) is 13.1 Å². The molecule has 0 unspecified atom stereocenters. The van der Waals surface area contributed by atoms with E-state index in [9.17, 15) is 4.79 Å². The van der Waals surface area contributed by atoms with Crippen LogP contribution in [0.4, 0.5) is 0 Å². The molecule has 4 nitrogen and oxygen atoms in total. The maximum Gasteiger partial charge on any atom is 0.273 e. The van der Waals surface area contributed by atoms with Crippen molar-refractivity contribution in [1.82, 2.24) is 9.88 Å². The Labute approximate surface area is 159 Å².